The summed E-state index contributed by atoms with van der Waals surface area (Å²) in [6.07, 6.45) is 0. The molecule has 0 aliphatic heterocycles. The molecule has 20 heavy (non-hydrogen) atoms. The molecule has 0 aromatic heterocycles. The minimum absolute atomic E-state index is 0.0179. The van der Waals surface area contributed by atoms with E-state index < -0.39 is 41.3 Å². The topological polar surface area (TPSA) is 49.8 Å². The molecule has 0 heterocycles. The Labute approximate surface area is 112 Å². The van der Waals surface area contributed by atoms with Gasteiger partial charge >= 0.3 is 0 Å². The van der Waals surface area contributed by atoms with Crippen LogP contribution in [0.15, 0.2) is 6.07 Å². The number of carbonyl (C=O) groups excluding carboxylic acids is 1. The van der Waals surface area contributed by atoms with Gasteiger partial charge in [0.05, 0.1) is 18.8 Å². The Bertz CT molecular complexity index is 496. The van der Waals surface area contributed by atoms with Gasteiger partial charge in [0.25, 0.3) is 5.91 Å². The normalized spacial score (nSPS) is 10.7. The fourth-order valence-electron chi connectivity index (χ4n) is 1.54. The van der Waals surface area contributed by atoms with Crippen LogP contribution in [0.3, 0.4) is 0 Å². The van der Waals surface area contributed by atoms with Gasteiger partial charge in [-0.2, -0.15) is 0 Å². The van der Waals surface area contributed by atoms with Crippen LogP contribution in [-0.4, -0.2) is 49.3 Å². The van der Waals surface area contributed by atoms with E-state index in [9.17, 15) is 22.4 Å². The molecule has 0 fully saturated rings. The van der Waals surface area contributed by atoms with E-state index in [1.807, 2.05) is 0 Å². The number of halogens is 4. The maximum Gasteiger partial charge on any atom is 0.257 e. The smallest absolute Gasteiger partial charge is 0.257 e. The molecule has 1 aromatic rings. The van der Waals surface area contributed by atoms with Crippen LogP contribution in [0.2, 0.25) is 0 Å². The molecular weight excluding hydrogens is 282 g/mol. The first kappa shape index (κ1) is 16.4. The van der Waals surface area contributed by atoms with Gasteiger partial charge < -0.3 is 14.7 Å². The van der Waals surface area contributed by atoms with E-state index >= 15 is 0 Å². The van der Waals surface area contributed by atoms with Crippen molar-refractivity contribution in [1.82, 2.24) is 4.90 Å². The van der Waals surface area contributed by atoms with Crippen LogP contribution in [0.4, 0.5) is 17.6 Å². The van der Waals surface area contributed by atoms with Gasteiger partial charge in [-0.1, -0.05) is 0 Å². The number of methoxy groups -OCH3 is 1. The van der Waals surface area contributed by atoms with Crippen molar-refractivity contribution < 1.29 is 32.2 Å². The summed E-state index contributed by atoms with van der Waals surface area (Å²) in [7, 11) is 1.36. The van der Waals surface area contributed by atoms with Crippen LogP contribution in [0.5, 0.6) is 0 Å². The summed E-state index contributed by atoms with van der Waals surface area (Å²) in [5, 5.41) is 8.82. The van der Waals surface area contributed by atoms with Crippen molar-refractivity contribution in [3.05, 3.63) is 34.9 Å². The number of aliphatic hydroxyl groups excluding tert-OH is 1. The maximum absolute atomic E-state index is 13.5. The lowest BCUT2D eigenvalue weighted by atomic mass is 10.1. The average molecular weight is 295 g/mol. The molecule has 1 aromatic carbocycles. The molecule has 0 saturated carbocycles. The highest BCUT2D eigenvalue weighted by atomic mass is 19.2. The van der Waals surface area contributed by atoms with E-state index in [-0.39, 0.29) is 25.8 Å². The third kappa shape index (κ3) is 3.45. The molecule has 8 heteroatoms. The SMILES string of the molecule is COCCN(CCO)C(=O)c1cc(F)c(F)c(F)c1F. The fraction of sp³-hybridized carbons (Fsp3) is 0.417. The van der Waals surface area contributed by atoms with Gasteiger partial charge in [0.2, 0.25) is 0 Å². The van der Waals surface area contributed by atoms with Crippen molar-refractivity contribution >= 4 is 5.91 Å². The number of amides is 1. The van der Waals surface area contributed by atoms with E-state index in [4.69, 9.17) is 9.84 Å². The van der Waals surface area contributed by atoms with E-state index in [0.29, 0.717) is 0 Å². The van der Waals surface area contributed by atoms with E-state index in [1.165, 1.54) is 7.11 Å². The number of rotatable bonds is 6. The Hall–Kier alpha value is -1.67. The lowest BCUT2D eigenvalue weighted by molar-refractivity contribution is 0.0650. The second-order valence-corrected chi connectivity index (χ2v) is 3.86. The molecule has 112 valence electrons. The van der Waals surface area contributed by atoms with Gasteiger partial charge in [0.1, 0.15) is 0 Å². The van der Waals surface area contributed by atoms with Crippen molar-refractivity contribution in [2.75, 3.05) is 33.4 Å². The van der Waals surface area contributed by atoms with Crippen molar-refractivity contribution in [3.8, 4) is 0 Å². The van der Waals surface area contributed by atoms with Crippen LogP contribution in [0.1, 0.15) is 10.4 Å². The monoisotopic (exact) mass is 295 g/mol. The second kappa shape index (κ2) is 7.20. The van der Waals surface area contributed by atoms with Gasteiger partial charge in [-0.15, -0.1) is 0 Å². The Morgan fingerprint density at radius 3 is 2.40 bits per heavy atom. The molecule has 0 aliphatic carbocycles. The number of hydrogen-bond acceptors (Lipinski definition) is 3. The summed E-state index contributed by atoms with van der Waals surface area (Å²) in [5.74, 6) is -8.53. The molecular formula is C12H13F4NO3. The Kier molecular flexibility index (Phi) is 5.90. The number of aliphatic hydroxyl groups is 1. The van der Waals surface area contributed by atoms with Crippen molar-refractivity contribution in [3.63, 3.8) is 0 Å². The quantitative estimate of drug-likeness (QED) is 0.489. The number of ether oxygens (including phenoxy) is 1. The van der Waals surface area contributed by atoms with Crippen LogP contribution < -0.4 is 0 Å². The Morgan fingerprint density at radius 2 is 1.85 bits per heavy atom. The number of nitrogens with zero attached hydrogens (tertiary/aromatic N) is 1. The Balaban J connectivity index is 3.11. The predicted molar refractivity (Wildman–Crippen MR) is 61.1 cm³/mol. The van der Waals surface area contributed by atoms with Crippen LogP contribution in [0, 0.1) is 23.3 Å². The van der Waals surface area contributed by atoms with Gasteiger partial charge in [0, 0.05) is 20.2 Å². The van der Waals surface area contributed by atoms with E-state index in [0.717, 1.165) is 4.90 Å². The van der Waals surface area contributed by atoms with Gasteiger partial charge in [-0.05, 0) is 6.07 Å². The predicted octanol–water partition coefficient (Wildman–Crippen LogP) is 1.32. The highest BCUT2D eigenvalue weighted by molar-refractivity contribution is 5.94. The molecule has 1 amide bonds. The molecule has 0 radical (unpaired) electrons. The lowest BCUT2D eigenvalue weighted by Crippen LogP contribution is -2.37. The summed E-state index contributed by atoms with van der Waals surface area (Å²) in [6.45, 7) is -0.541. The molecule has 1 rings (SSSR count). The first-order chi connectivity index (χ1) is 9.43. The van der Waals surface area contributed by atoms with Gasteiger partial charge in [0.15, 0.2) is 23.3 Å². The van der Waals surface area contributed by atoms with Crippen LogP contribution >= 0.6 is 0 Å². The molecule has 1 N–H and O–H groups in total. The number of benzene rings is 1. The molecule has 0 unspecified atom stereocenters. The highest BCUT2D eigenvalue weighted by Crippen LogP contribution is 2.20. The minimum Gasteiger partial charge on any atom is -0.395 e. The first-order valence-electron chi connectivity index (χ1n) is 5.66. The van der Waals surface area contributed by atoms with Crippen LogP contribution in [-0.2, 0) is 4.74 Å². The molecule has 0 saturated heterocycles. The third-order valence-corrected chi connectivity index (χ3v) is 2.56. The summed E-state index contributed by atoms with van der Waals surface area (Å²) >= 11 is 0. The fourth-order valence-corrected chi connectivity index (χ4v) is 1.54. The second-order valence-electron chi connectivity index (χ2n) is 3.86. The summed E-state index contributed by atoms with van der Waals surface area (Å²) in [4.78, 5) is 12.9. The van der Waals surface area contributed by atoms with Crippen molar-refractivity contribution in [2.45, 2.75) is 0 Å². The molecule has 0 bridgehead atoms. The third-order valence-electron chi connectivity index (χ3n) is 2.56. The van der Waals surface area contributed by atoms with Crippen molar-refractivity contribution in [1.29, 1.82) is 0 Å². The van der Waals surface area contributed by atoms with Gasteiger partial charge in [-0.3, -0.25) is 4.79 Å². The van der Waals surface area contributed by atoms with Gasteiger partial charge in [-0.25, -0.2) is 17.6 Å². The molecule has 0 atom stereocenters. The zero-order chi connectivity index (χ0) is 15.3. The van der Waals surface area contributed by atoms with Crippen LogP contribution in [0.25, 0.3) is 0 Å². The molecule has 0 spiro atoms. The number of carbonyl (C=O) groups is 1. The van der Waals surface area contributed by atoms with E-state index in [1.54, 1.807) is 0 Å². The zero-order valence-electron chi connectivity index (χ0n) is 10.6. The summed E-state index contributed by atoms with van der Waals surface area (Å²) < 4.78 is 57.2. The van der Waals surface area contributed by atoms with E-state index in [2.05, 4.69) is 0 Å². The summed E-state index contributed by atoms with van der Waals surface area (Å²) in [6, 6.07) is 0.285. The Morgan fingerprint density at radius 1 is 1.20 bits per heavy atom. The highest BCUT2D eigenvalue weighted by Gasteiger charge is 2.26. The minimum atomic E-state index is -2.05. The first-order valence-corrected chi connectivity index (χ1v) is 5.66. The average Bonchev–Trinajstić information content (AvgIpc) is 2.44. The zero-order valence-corrected chi connectivity index (χ0v) is 10.6. The maximum atomic E-state index is 13.5. The van der Waals surface area contributed by atoms with Crippen molar-refractivity contribution in [2.24, 2.45) is 0 Å². The largest absolute Gasteiger partial charge is 0.395 e. The summed E-state index contributed by atoms with van der Waals surface area (Å²) in [5.41, 5.74) is -0.939. The molecule has 4 nitrogen and oxygen atoms in total. The molecule has 0 aliphatic rings. The number of hydrogen-bond donors (Lipinski definition) is 1. The lowest BCUT2D eigenvalue weighted by Gasteiger charge is -2.21. The standard InChI is InChI=1S/C12H13F4NO3/c1-20-5-3-17(2-4-18)12(19)7-6-8(13)10(15)11(16)9(7)14/h6,18H,2-5H2,1H3.